The highest BCUT2D eigenvalue weighted by molar-refractivity contribution is 6.31. The molecule has 3 rings (SSSR count). The lowest BCUT2D eigenvalue weighted by molar-refractivity contribution is 0.689. The van der Waals surface area contributed by atoms with E-state index in [1.807, 2.05) is 59.5 Å². The van der Waals surface area contributed by atoms with Crippen molar-refractivity contribution in [3.05, 3.63) is 71.6 Å². The highest BCUT2D eigenvalue weighted by Crippen LogP contribution is 2.18. The summed E-state index contributed by atoms with van der Waals surface area (Å²) in [6, 6.07) is 13.7. The molecular formula is C15H12ClN3. The van der Waals surface area contributed by atoms with Crippen LogP contribution in [0.5, 0.6) is 0 Å². The molecule has 2 heterocycles. The van der Waals surface area contributed by atoms with E-state index in [9.17, 15) is 0 Å². The average molecular weight is 270 g/mol. The predicted octanol–water partition coefficient (Wildman–Crippen LogP) is 3.65. The lowest BCUT2D eigenvalue weighted by Gasteiger charge is -2.04. The summed E-state index contributed by atoms with van der Waals surface area (Å²) in [5.41, 5.74) is 2.99. The molecule has 4 heteroatoms. The van der Waals surface area contributed by atoms with E-state index in [0.29, 0.717) is 6.54 Å². The summed E-state index contributed by atoms with van der Waals surface area (Å²) in [6.07, 6.45) is 5.51. The molecule has 0 aliphatic heterocycles. The second kappa shape index (κ2) is 5.24. The van der Waals surface area contributed by atoms with E-state index in [-0.39, 0.29) is 0 Å². The molecule has 0 radical (unpaired) electrons. The molecule has 0 atom stereocenters. The van der Waals surface area contributed by atoms with Gasteiger partial charge in [0.25, 0.3) is 0 Å². The summed E-state index contributed by atoms with van der Waals surface area (Å²) in [4.78, 5) is 4.10. The van der Waals surface area contributed by atoms with E-state index in [2.05, 4.69) is 10.1 Å². The Kier molecular flexibility index (Phi) is 3.29. The SMILES string of the molecule is Clc1ccccc1Cn1ccc(-c2cccnc2)n1. The Morgan fingerprint density at radius 1 is 1.05 bits per heavy atom. The molecule has 0 fully saturated rings. The first-order valence-electron chi connectivity index (χ1n) is 6.00. The number of hydrogen-bond acceptors (Lipinski definition) is 2. The van der Waals surface area contributed by atoms with Crippen molar-refractivity contribution in [2.45, 2.75) is 6.54 Å². The van der Waals surface area contributed by atoms with Crippen molar-refractivity contribution in [3.63, 3.8) is 0 Å². The van der Waals surface area contributed by atoms with E-state index in [0.717, 1.165) is 21.8 Å². The van der Waals surface area contributed by atoms with Crippen molar-refractivity contribution < 1.29 is 0 Å². The molecule has 0 amide bonds. The van der Waals surface area contributed by atoms with Gasteiger partial charge in [0.2, 0.25) is 0 Å². The van der Waals surface area contributed by atoms with Crippen molar-refractivity contribution in [2.24, 2.45) is 0 Å². The lowest BCUT2D eigenvalue weighted by Crippen LogP contribution is -2.00. The second-order valence-electron chi connectivity index (χ2n) is 4.23. The number of aromatic nitrogens is 3. The summed E-state index contributed by atoms with van der Waals surface area (Å²) in [5, 5.41) is 5.30. The molecule has 0 aliphatic carbocycles. The van der Waals surface area contributed by atoms with Crippen LogP contribution in [0.15, 0.2) is 61.1 Å². The summed E-state index contributed by atoms with van der Waals surface area (Å²) in [5.74, 6) is 0. The van der Waals surface area contributed by atoms with Crippen LogP contribution in [0.4, 0.5) is 0 Å². The van der Waals surface area contributed by atoms with Gasteiger partial charge in [-0.2, -0.15) is 5.10 Å². The molecule has 3 nitrogen and oxygen atoms in total. The molecule has 0 N–H and O–H groups in total. The Labute approximate surface area is 116 Å². The summed E-state index contributed by atoms with van der Waals surface area (Å²) < 4.78 is 1.88. The molecule has 1 aromatic carbocycles. The van der Waals surface area contributed by atoms with Crippen LogP contribution in [0, 0.1) is 0 Å². The van der Waals surface area contributed by atoms with Crippen LogP contribution in [0.1, 0.15) is 5.56 Å². The fourth-order valence-electron chi connectivity index (χ4n) is 1.92. The van der Waals surface area contributed by atoms with E-state index in [1.54, 1.807) is 6.20 Å². The Morgan fingerprint density at radius 3 is 2.74 bits per heavy atom. The van der Waals surface area contributed by atoms with E-state index in [1.165, 1.54) is 0 Å². The molecule has 0 saturated heterocycles. The van der Waals surface area contributed by atoms with Gasteiger partial charge in [-0.25, -0.2) is 0 Å². The Morgan fingerprint density at radius 2 is 1.95 bits per heavy atom. The van der Waals surface area contributed by atoms with Crippen molar-refractivity contribution in [3.8, 4) is 11.3 Å². The maximum absolute atomic E-state index is 6.15. The van der Waals surface area contributed by atoms with Crippen LogP contribution in [-0.4, -0.2) is 14.8 Å². The smallest absolute Gasteiger partial charge is 0.0938 e. The zero-order chi connectivity index (χ0) is 13.1. The van der Waals surface area contributed by atoms with Crippen LogP contribution in [0.25, 0.3) is 11.3 Å². The van der Waals surface area contributed by atoms with E-state index < -0.39 is 0 Å². The number of rotatable bonds is 3. The first kappa shape index (κ1) is 11.9. The zero-order valence-corrected chi connectivity index (χ0v) is 11.0. The van der Waals surface area contributed by atoms with Gasteiger partial charge in [-0.3, -0.25) is 9.67 Å². The number of nitrogens with zero attached hydrogens (tertiary/aromatic N) is 3. The largest absolute Gasteiger partial charge is 0.268 e. The minimum Gasteiger partial charge on any atom is -0.268 e. The standard InChI is InChI=1S/C15H12ClN3/c16-14-6-2-1-4-13(14)11-19-9-7-15(18-19)12-5-3-8-17-10-12/h1-10H,11H2. The maximum atomic E-state index is 6.15. The third-order valence-corrected chi connectivity index (χ3v) is 3.26. The second-order valence-corrected chi connectivity index (χ2v) is 4.64. The minimum absolute atomic E-state index is 0.667. The normalized spacial score (nSPS) is 10.6. The number of pyridine rings is 1. The zero-order valence-electron chi connectivity index (χ0n) is 10.2. The average Bonchev–Trinajstić information content (AvgIpc) is 2.91. The topological polar surface area (TPSA) is 30.7 Å². The molecule has 2 aromatic heterocycles. The molecular weight excluding hydrogens is 258 g/mol. The fourth-order valence-corrected chi connectivity index (χ4v) is 2.11. The Bertz CT molecular complexity index is 677. The number of halogens is 1. The van der Waals surface area contributed by atoms with Crippen LogP contribution in [0.3, 0.4) is 0 Å². The molecule has 0 unspecified atom stereocenters. The minimum atomic E-state index is 0.667. The van der Waals surface area contributed by atoms with Crippen LogP contribution in [0.2, 0.25) is 5.02 Å². The first-order valence-corrected chi connectivity index (χ1v) is 6.38. The Balaban J connectivity index is 1.85. The van der Waals surface area contributed by atoms with E-state index in [4.69, 9.17) is 11.6 Å². The van der Waals surface area contributed by atoms with E-state index >= 15 is 0 Å². The molecule has 0 spiro atoms. The van der Waals surface area contributed by atoms with Gasteiger partial charge >= 0.3 is 0 Å². The van der Waals surface area contributed by atoms with Crippen LogP contribution in [-0.2, 0) is 6.54 Å². The van der Waals surface area contributed by atoms with Crippen molar-refractivity contribution >= 4 is 11.6 Å². The van der Waals surface area contributed by atoms with Crippen LogP contribution < -0.4 is 0 Å². The lowest BCUT2D eigenvalue weighted by atomic mass is 10.2. The van der Waals surface area contributed by atoms with Gasteiger partial charge < -0.3 is 0 Å². The summed E-state index contributed by atoms with van der Waals surface area (Å²) in [6.45, 7) is 0.667. The quantitative estimate of drug-likeness (QED) is 0.727. The van der Waals surface area contributed by atoms with Gasteiger partial charge in [-0.15, -0.1) is 0 Å². The molecule has 3 aromatic rings. The van der Waals surface area contributed by atoms with Crippen molar-refractivity contribution in [1.29, 1.82) is 0 Å². The summed E-state index contributed by atoms with van der Waals surface area (Å²) >= 11 is 6.15. The Hall–Kier alpha value is -2.13. The first-order chi connectivity index (χ1) is 9.33. The highest BCUT2D eigenvalue weighted by atomic mass is 35.5. The van der Waals surface area contributed by atoms with Gasteiger partial charge in [-0.1, -0.05) is 29.8 Å². The van der Waals surface area contributed by atoms with Gasteiger partial charge in [0.1, 0.15) is 0 Å². The third kappa shape index (κ3) is 2.66. The van der Waals surface area contributed by atoms with Gasteiger partial charge in [-0.05, 0) is 29.8 Å². The molecule has 0 bridgehead atoms. The maximum Gasteiger partial charge on any atom is 0.0938 e. The van der Waals surface area contributed by atoms with Crippen molar-refractivity contribution in [2.75, 3.05) is 0 Å². The molecule has 0 saturated carbocycles. The number of benzene rings is 1. The van der Waals surface area contributed by atoms with Gasteiger partial charge in [0, 0.05) is 29.2 Å². The van der Waals surface area contributed by atoms with Crippen LogP contribution >= 0.6 is 11.6 Å². The van der Waals surface area contributed by atoms with Gasteiger partial charge in [0.15, 0.2) is 0 Å². The highest BCUT2D eigenvalue weighted by Gasteiger charge is 2.04. The fraction of sp³-hybridized carbons (Fsp3) is 0.0667. The predicted molar refractivity (Wildman–Crippen MR) is 76.0 cm³/mol. The molecule has 0 aliphatic rings. The number of hydrogen-bond donors (Lipinski definition) is 0. The monoisotopic (exact) mass is 269 g/mol. The molecule has 94 valence electrons. The van der Waals surface area contributed by atoms with Crippen molar-refractivity contribution in [1.82, 2.24) is 14.8 Å². The summed E-state index contributed by atoms with van der Waals surface area (Å²) in [7, 11) is 0. The van der Waals surface area contributed by atoms with Gasteiger partial charge in [0.05, 0.1) is 12.2 Å². The third-order valence-electron chi connectivity index (χ3n) is 2.89. The molecule has 19 heavy (non-hydrogen) atoms.